The van der Waals surface area contributed by atoms with Crippen LogP contribution in [0.1, 0.15) is 17.8 Å². The van der Waals surface area contributed by atoms with Crippen LogP contribution < -0.4 is 10.4 Å². The second-order valence-electron chi connectivity index (χ2n) is 5.37. The topological polar surface area (TPSA) is 82.7 Å². The second-order valence-corrected chi connectivity index (χ2v) is 7.10. The Labute approximate surface area is 154 Å². The van der Waals surface area contributed by atoms with Crippen LogP contribution in [-0.2, 0) is 22.7 Å². The van der Waals surface area contributed by atoms with Crippen molar-refractivity contribution >= 4 is 38.9 Å². The number of ether oxygens (including phenoxy) is 1. The number of hydrogen-bond donors (Lipinski definition) is 0. The summed E-state index contributed by atoms with van der Waals surface area (Å²) in [5.41, 5.74) is 1.42. The molecule has 0 unspecified atom stereocenters. The fourth-order valence-corrected chi connectivity index (χ4v) is 3.40. The van der Waals surface area contributed by atoms with Gasteiger partial charge in [-0.2, -0.15) is 0 Å². The van der Waals surface area contributed by atoms with Crippen molar-refractivity contribution in [3.8, 4) is 0 Å². The minimum absolute atomic E-state index is 0.0803. The summed E-state index contributed by atoms with van der Waals surface area (Å²) in [5, 5.41) is 1.75. The van der Waals surface area contributed by atoms with E-state index >= 15 is 0 Å². The van der Waals surface area contributed by atoms with E-state index in [1.54, 1.807) is 23.7 Å². The van der Waals surface area contributed by atoms with Gasteiger partial charge in [-0.05, 0) is 35.0 Å². The maximum atomic E-state index is 12.1. The fraction of sp³-hybridized carbons (Fsp3) is 0.250. The number of halogens is 1. The van der Waals surface area contributed by atoms with Gasteiger partial charge in [-0.3, -0.25) is 18.8 Å². The summed E-state index contributed by atoms with van der Waals surface area (Å²) in [7, 11) is 0. The van der Waals surface area contributed by atoms with Crippen molar-refractivity contribution in [2.24, 2.45) is 0 Å². The van der Waals surface area contributed by atoms with Crippen molar-refractivity contribution in [3.63, 3.8) is 0 Å². The largest absolute Gasteiger partial charge is 0.459 e. The summed E-state index contributed by atoms with van der Waals surface area (Å²) in [6.07, 6.45) is 1.71. The van der Waals surface area contributed by atoms with Crippen molar-refractivity contribution in [2.75, 3.05) is 0 Å². The third-order valence-corrected chi connectivity index (χ3v) is 4.92. The molecule has 0 spiro atoms. The first-order valence-corrected chi connectivity index (χ1v) is 9.10. The molecule has 9 heteroatoms. The molecule has 0 aromatic carbocycles. The minimum Gasteiger partial charge on any atom is -0.459 e. The Morgan fingerprint density at radius 3 is 2.88 bits per heavy atom. The zero-order chi connectivity index (χ0) is 18.0. The monoisotopic (exact) mass is 423 g/mol. The lowest BCUT2D eigenvalue weighted by Crippen LogP contribution is -2.19. The predicted octanol–water partition coefficient (Wildman–Crippen LogP) is 2.12. The zero-order valence-corrected chi connectivity index (χ0v) is 15.7. The first-order chi connectivity index (χ1) is 11.9. The van der Waals surface area contributed by atoms with Crippen molar-refractivity contribution in [2.45, 2.75) is 26.5 Å². The highest BCUT2D eigenvalue weighted by Crippen LogP contribution is 2.10. The van der Waals surface area contributed by atoms with Crippen LogP contribution in [0.5, 0.6) is 0 Å². The quantitative estimate of drug-likeness (QED) is 0.586. The molecule has 0 bridgehead atoms. The minimum atomic E-state index is -0.449. The van der Waals surface area contributed by atoms with Gasteiger partial charge >= 0.3 is 10.8 Å². The van der Waals surface area contributed by atoms with Gasteiger partial charge in [-0.15, -0.1) is 0 Å². The molecule has 3 aromatic heterocycles. The van der Waals surface area contributed by atoms with E-state index in [4.69, 9.17) is 4.74 Å². The van der Waals surface area contributed by atoms with Crippen LogP contribution in [0.3, 0.4) is 0 Å². The molecule has 0 N–H and O–H groups in total. The number of carbonyl (C=O) groups excluding carboxylic acids is 1. The third kappa shape index (κ3) is 4.05. The average Bonchev–Trinajstić information content (AvgIpc) is 2.90. The Kier molecular flexibility index (Phi) is 5.14. The predicted molar refractivity (Wildman–Crippen MR) is 96.9 cm³/mol. The summed E-state index contributed by atoms with van der Waals surface area (Å²) in [6.45, 7) is 2.00. The molecule has 3 aromatic rings. The van der Waals surface area contributed by atoms with E-state index < -0.39 is 5.97 Å². The van der Waals surface area contributed by atoms with Crippen molar-refractivity contribution < 1.29 is 9.53 Å². The fourth-order valence-electron chi connectivity index (χ4n) is 2.30. The highest BCUT2D eigenvalue weighted by Gasteiger charge is 2.09. The molecule has 0 aliphatic rings. The van der Waals surface area contributed by atoms with Gasteiger partial charge in [-0.1, -0.05) is 11.3 Å². The summed E-state index contributed by atoms with van der Waals surface area (Å²) >= 11 is 4.40. The Balaban J connectivity index is 1.64. The Hall–Kier alpha value is -2.26. The number of carbonyl (C=O) groups is 1. The van der Waals surface area contributed by atoms with Crippen molar-refractivity contribution in [1.29, 1.82) is 0 Å². The molecule has 0 fully saturated rings. The SMILES string of the molecule is Cc1csc(=O)n1CCC(=O)OCc1cc(=O)n2cc(Br)ccc2n1. The van der Waals surface area contributed by atoms with Crippen molar-refractivity contribution in [3.05, 3.63) is 65.7 Å². The van der Waals surface area contributed by atoms with Crippen LogP contribution in [0.25, 0.3) is 5.65 Å². The molecule has 3 rings (SSSR count). The third-order valence-electron chi connectivity index (χ3n) is 3.57. The van der Waals surface area contributed by atoms with Gasteiger partial charge in [0.25, 0.3) is 5.56 Å². The summed E-state index contributed by atoms with van der Waals surface area (Å²) in [6, 6.07) is 4.81. The van der Waals surface area contributed by atoms with E-state index in [0.29, 0.717) is 11.3 Å². The van der Waals surface area contributed by atoms with Gasteiger partial charge in [0, 0.05) is 34.4 Å². The van der Waals surface area contributed by atoms with Crippen LogP contribution in [0, 0.1) is 6.92 Å². The number of thiazole rings is 1. The Morgan fingerprint density at radius 2 is 2.16 bits per heavy atom. The van der Waals surface area contributed by atoms with E-state index in [1.807, 2.05) is 6.92 Å². The van der Waals surface area contributed by atoms with Crippen LogP contribution in [0.2, 0.25) is 0 Å². The number of hydrogen-bond acceptors (Lipinski definition) is 6. The lowest BCUT2D eigenvalue weighted by molar-refractivity contribution is -0.145. The van der Waals surface area contributed by atoms with Gasteiger partial charge in [0.05, 0.1) is 12.1 Å². The molecule has 130 valence electrons. The molecule has 7 nitrogen and oxygen atoms in total. The lowest BCUT2D eigenvalue weighted by Gasteiger charge is -2.07. The highest BCUT2D eigenvalue weighted by atomic mass is 79.9. The smallest absolute Gasteiger partial charge is 0.307 e. The van der Waals surface area contributed by atoms with Crippen LogP contribution >= 0.6 is 27.3 Å². The van der Waals surface area contributed by atoms with Gasteiger partial charge < -0.3 is 9.30 Å². The van der Waals surface area contributed by atoms with Crippen molar-refractivity contribution in [1.82, 2.24) is 14.0 Å². The van der Waals surface area contributed by atoms with Crippen LogP contribution in [-0.4, -0.2) is 19.9 Å². The molecular formula is C16H14BrN3O4S. The molecular weight excluding hydrogens is 410 g/mol. The van der Waals surface area contributed by atoms with E-state index in [9.17, 15) is 14.4 Å². The molecule has 0 radical (unpaired) electrons. The molecule has 3 heterocycles. The number of fused-ring (bicyclic) bond motifs is 1. The van der Waals surface area contributed by atoms with Gasteiger partial charge in [-0.25, -0.2) is 4.98 Å². The summed E-state index contributed by atoms with van der Waals surface area (Å²) in [4.78, 5) is 39.8. The van der Waals surface area contributed by atoms with E-state index in [-0.39, 0.29) is 30.0 Å². The van der Waals surface area contributed by atoms with Gasteiger partial charge in [0.2, 0.25) is 0 Å². The van der Waals surface area contributed by atoms with Gasteiger partial charge in [0.15, 0.2) is 0 Å². The molecule has 0 atom stereocenters. The summed E-state index contributed by atoms with van der Waals surface area (Å²) < 4.78 is 8.86. The molecule has 0 saturated heterocycles. The zero-order valence-electron chi connectivity index (χ0n) is 13.3. The maximum absolute atomic E-state index is 12.1. The highest BCUT2D eigenvalue weighted by molar-refractivity contribution is 9.10. The number of pyridine rings is 1. The average molecular weight is 424 g/mol. The number of aryl methyl sites for hydroxylation is 1. The molecule has 0 aliphatic carbocycles. The second kappa shape index (κ2) is 7.32. The number of rotatable bonds is 5. The number of esters is 1. The lowest BCUT2D eigenvalue weighted by atomic mass is 10.3. The molecule has 0 saturated carbocycles. The van der Waals surface area contributed by atoms with Crippen LogP contribution in [0.4, 0.5) is 0 Å². The first-order valence-electron chi connectivity index (χ1n) is 7.42. The summed E-state index contributed by atoms with van der Waals surface area (Å²) in [5.74, 6) is -0.449. The first kappa shape index (κ1) is 17.6. The number of aromatic nitrogens is 3. The van der Waals surface area contributed by atoms with E-state index in [0.717, 1.165) is 21.5 Å². The van der Waals surface area contributed by atoms with E-state index in [1.165, 1.54) is 15.0 Å². The van der Waals surface area contributed by atoms with Crippen LogP contribution in [0.15, 0.2) is 43.8 Å². The maximum Gasteiger partial charge on any atom is 0.307 e. The standard InChI is InChI=1S/C16H14BrN3O4S/c1-10-9-25-16(23)19(10)5-4-15(22)24-8-12-6-14(21)20-7-11(17)2-3-13(20)18-12/h2-3,6-7,9H,4-5,8H2,1H3. The molecule has 0 aliphatic heterocycles. The van der Waals surface area contributed by atoms with Gasteiger partial charge in [0.1, 0.15) is 12.3 Å². The molecule has 25 heavy (non-hydrogen) atoms. The number of nitrogens with zero attached hydrogens (tertiary/aromatic N) is 3. The van der Waals surface area contributed by atoms with E-state index in [2.05, 4.69) is 20.9 Å². The Bertz CT molecular complexity index is 1050. The Morgan fingerprint density at radius 1 is 1.36 bits per heavy atom. The normalized spacial score (nSPS) is 11.0. The molecule has 0 amide bonds.